The molecular weight excluding hydrogens is 259 g/mol. The van der Waals surface area contributed by atoms with Crippen molar-refractivity contribution in [2.24, 2.45) is 0 Å². The van der Waals surface area contributed by atoms with Gasteiger partial charge in [0.05, 0.1) is 17.9 Å². The number of halogens is 1. The summed E-state index contributed by atoms with van der Waals surface area (Å²) >= 11 is 0. The van der Waals surface area contributed by atoms with Crippen molar-refractivity contribution >= 4 is 17.3 Å². The first-order chi connectivity index (χ1) is 9.61. The van der Waals surface area contributed by atoms with Crippen LogP contribution in [0.15, 0.2) is 42.5 Å². The average Bonchev–Trinajstić information content (AvgIpc) is 2.44. The number of para-hydroxylation sites is 1. The number of rotatable bonds is 4. The van der Waals surface area contributed by atoms with Gasteiger partial charge in [0.2, 0.25) is 0 Å². The lowest BCUT2D eigenvalue weighted by Gasteiger charge is -2.11. The minimum absolute atomic E-state index is 0.0429. The molecule has 0 atom stereocenters. The van der Waals surface area contributed by atoms with Crippen molar-refractivity contribution in [3.63, 3.8) is 0 Å². The molecule has 0 aliphatic carbocycles. The van der Waals surface area contributed by atoms with Gasteiger partial charge < -0.3 is 15.8 Å². The van der Waals surface area contributed by atoms with Gasteiger partial charge >= 0.3 is 0 Å². The predicted molar refractivity (Wildman–Crippen MR) is 76.4 cm³/mol. The van der Waals surface area contributed by atoms with Gasteiger partial charge in [0, 0.05) is 5.69 Å². The van der Waals surface area contributed by atoms with Crippen LogP contribution in [0.2, 0.25) is 0 Å². The van der Waals surface area contributed by atoms with E-state index < -0.39 is 11.7 Å². The molecule has 0 saturated carbocycles. The first-order valence-electron chi connectivity index (χ1n) is 6.20. The normalized spacial score (nSPS) is 10.1. The zero-order chi connectivity index (χ0) is 14.5. The Labute approximate surface area is 116 Å². The second kappa shape index (κ2) is 6.06. The van der Waals surface area contributed by atoms with Gasteiger partial charge in [0.1, 0.15) is 11.6 Å². The van der Waals surface area contributed by atoms with E-state index in [1.807, 2.05) is 6.92 Å². The van der Waals surface area contributed by atoms with Crippen molar-refractivity contribution in [3.05, 3.63) is 53.8 Å². The molecule has 104 valence electrons. The average molecular weight is 274 g/mol. The maximum atomic E-state index is 13.6. The highest BCUT2D eigenvalue weighted by Crippen LogP contribution is 2.22. The first kappa shape index (κ1) is 13.9. The van der Waals surface area contributed by atoms with Crippen molar-refractivity contribution in [3.8, 4) is 5.75 Å². The van der Waals surface area contributed by atoms with Crippen molar-refractivity contribution in [1.29, 1.82) is 0 Å². The zero-order valence-electron chi connectivity index (χ0n) is 11.0. The van der Waals surface area contributed by atoms with E-state index in [9.17, 15) is 9.18 Å². The highest BCUT2D eigenvalue weighted by atomic mass is 19.1. The molecule has 5 heteroatoms. The largest absolute Gasteiger partial charge is 0.493 e. The standard InChI is InChI=1S/C15H15FN2O2/c1-2-20-14-6-4-3-5-11(14)15(19)18-13-9-10(17)7-8-12(13)16/h3-9H,2,17H2,1H3,(H,18,19). The SMILES string of the molecule is CCOc1ccccc1C(=O)Nc1cc(N)ccc1F. The Morgan fingerprint density at radius 2 is 2.05 bits per heavy atom. The molecule has 0 saturated heterocycles. The van der Waals surface area contributed by atoms with Crippen LogP contribution in [0.4, 0.5) is 15.8 Å². The van der Waals surface area contributed by atoms with Crippen molar-refractivity contribution in [1.82, 2.24) is 0 Å². The van der Waals surface area contributed by atoms with Gasteiger partial charge in [-0.3, -0.25) is 4.79 Å². The molecule has 3 N–H and O–H groups in total. The number of hydrogen-bond donors (Lipinski definition) is 2. The highest BCUT2D eigenvalue weighted by Gasteiger charge is 2.14. The van der Waals surface area contributed by atoms with Gasteiger partial charge in [-0.05, 0) is 37.3 Å². The molecule has 2 aromatic carbocycles. The predicted octanol–water partition coefficient (Wildman–Crippen LogP) is 3.06. The number of ether oxygens (including phenoxy) is 1. The topological polar surface area (TPSA) is 64.3 Å². The lowest BCUT2D eigenvalue weighted by atomic mass is 10.1. The van der Waals surface area contributed by atoms with E-state index in [0.29, 0.717) is 23.6 Å². The molecule has 0 bridgehead atoms. The van der Waals surface area contributed by atoms with E-state index in [2.05, 4.69) is 5.32 Å². The Bertz CT molecular complexity index is 629. The monoisotopic (exact) mass is 274 g/mol. The van der Waals surface area contributed by atoms with Crippen LogP contribution in [0.25, 0.3) is 0 Å². The van der Waals surface area contributed by atoms with Crippen LogP contribution in [0, 0.1) is 5.82 Å². The molecule has 1 amide bonds. The Hall–Kier alpha value is -2.56. The van der Waals surface area contributed by atoms with Gasteiger partial charge in [0.25, 0.3) is 5.91 Å². The Balaban J connectivity index is 2.26. The molecule has 0 fully saturated rings. The number of anilines is 2. The van der Waals surface area contributed by atoms with Gasteiger partial charge in [-0.2, -0.15) is 0 Å². The number of nitrogens with one attached hydrogen (secondary N) is 1. The number of benzene rings is 2. The van der Waals surface area contributed by atoms with Crippen molar-refractivity contribution < 1.29 is 13.9 Å². The molecule has 0 aliphatic rings. The summed E-state index contributed by atoms with van der Waals surface area (Å²) in [7, 11) is 0. The van der Waals surface area contributed by atoms with Crippen LogP contribution in [0.1, 0.15) is 17.3 Å². The second-order valence-electron chi connectivity index (χ2n) is 4.12. The molecule has 0 radical (unpaired) electrons. The number of amides is 1. The molecule has 0 spiro atoms. The van der Waals surface area contributed by atoms with E-state index in [1.54, 1.807) is 24.3 Å². The summed E-state index contributed by atoms with van der Waals surface area (Å²) in [5, 5.41) is 2.49. The van der Waals surface area contributed by atoms with Gasteiger partial charge in [-0.25, -0.2) is 4.39 Å². The second-order valence-corrected chi connectivity index (χ2v) is 4.12. The summed E-state index contributed by atoms with van der Waals surface area (Å²) in [5.41, 5.74) is 6.34. The number of carbonyl (C=O) groups is 1. The van der Waals surface area contributed by atoms with Gasteiger partial charge in [0.15, 0.2) is 0 Å². The van der Waals surface area contributed by atoms with E-state index in [-0.39, 0.29) is 5.69 Å². The van der Waals surface area contributed by atoms with Crippen LogP contribution in [0.3, 0.4) is 0 Å². The smallest absolute Gasteiger partial charge is 0.259 e. The van der Waals surface area contributed by atoms with Crippen LogP contribution >= 0.6 is 0 Å². The molecule has 0 aliphatic heterocycles. The number of hydrogen-bond acceptors (Lipinski definition) is 3. The lowest BCUT2D eigenvalue weighted by Crippen LogP contribution is -2.14. The summed E-state index contributed by atoms with van der Waals surface area (Å²) in [6.45, 7) is 2.27. The highest BCUT2D eigenvalue weighted by molar-refractivity contribution is 6.06. The van der Waals surface area contributed by atoms with Gasteiger partial charge in [-0.1, -0.05) is 12.1 Å². The minimum atomic E-state index is -0.540. The maximum Gasteiger partial charge on any atom is 0.259 e. The fourth-order valence-electron chi connectivity index (χ4n) is 1.76. The molecule has 20 heavy (non-hydrogen) atoms. The molecule has 4 nitrogen and oxygen atoms in total. The summed E-state index contributed by atoms with van der Waals surface area (Å²) in [5.74, 6) is -0.531. The lowest BCUT2D eigenvalue weighted by molar-refractivity contribution is 0.102. The first-order valence-corrected chi connectivity index (χ1v) is 6.20. The Morgan fingerprint density at radius 3 is 2.80 bits per heavy atom. The number of nitrogen functional groups attached to an aromatic ring is 1. The van der Waals surface area contributed by atoms with Crippen molar-refractivity contribution in [2.45, 2.75) is 6.92 Å². The van der Waals surface area contributed by atoms with Crippen LogP contribution in [-0.4, -0.2) is 12.5 Å². The third kappa shape index (κ3) is 3.06. The Kier molecular flexibility index (Phi) is 4.20. The van der Waals surface area contributed by atoms with Gasteiger partial charge in [-0.15, -0.1) is 0 Å². The summed E-state index contributed by atoms with van der Waals surface area (Å²) < 4.78 is 19.0. The summed E-state index contributed by atoms with van der Waals surface area (Å²) in [6, 6.07) is 10.8. The minimum Gasteiger partial charge on any atom is -0.493 e. The third-order valence-corrected chi connectivity index (χ3v) is 2.67. The van der Waals surface area contributed by atoms with E-state index in [1.165, 1.54) is 18.2 Å². The van der Waals surface area contributed by atoms with E-state index >= 15 is 0 Å². The molecule has 0 unspecified atom stereocenters. The van der Waals surface area contributed by atoms with Crippen molar-refractivity contribution in [2.75, 3.05) is 17.7 Å². The fraction of sp³-hybridized carbons (Fsp3) is 0.133. The van der Waals surface area contributed by atoms with E-state index in [0.717, 1.165) is 0 Å². The molecule has 0 heterocycles. The number of nitrogens with two attached hydrogens (primary N) is 1. The maximum absolute atomic E-state index is 13.6. The summed E-state index contributed by atoms with van der Waals surface area (Å²) in [6.07, 6.45) is 0. The quantitative estimate of drug-likeness (QED) is 0.842. The van der Waals surface area contributed by atoms with E-state index in [4.69, 9.17) is 10.5 Å². The third-order valence-electron chi connectivity index (χ3n) is 2.67. The number of carbonyl (C=O) groups excluding carboxylic acids is 1. The summed E-state index contributed by atoms with van der Waals surface area (Å²) in [4.78, 5) is 12.2. The van der Waals surface area contributed by atoms with Crippen LogP contribution < -0.4 is 15.8 Å². The fourth-order valence-corrected chi connectivity index (χ4v) is 1.76. The zero-order valence-corrected chi connectivity index (χ0v) is 11.0. The van der Waals surface area contributed by atoms with Crippen LogP contribution in [-0.2, 0) is 0 Å². The van der Waals surface area contributed by atoms with Crippen LogP contribution in [0.5, 0.6) is 5.75 Å². The molecule has 0 aromatic heterocycles. The molecular formula is C15H15FN2O2. The molecule has 2 rings (SSSR count). The molecule has 2 aromatic rings. The Morgan fingerprint density at radius 1 is 1.30 bits per heavy atom.